The normalized spacial score (nSPS) is 11.3. The highest BCUT2D eigenvalue weighted by molar-refractivity contribution is 7.86. The third-order valence-corrected chi connectivity index (χ3v) is 4.90. The summed E-state index contributed by atoms with van der Waals surface area (Å²) in [6, 6.07) is 8.09. The number of benzene rings is 2. The standard InChI is InChI=1S/C19H21ClN2O7S/c1-12(2)21(19(23)15-7-6-14(22(24)25)10-16(15)20)11-13-5-8-17(28-3)18(9-13)29-30(4,26)27/h5-10,12H,11H2,1-4H3. The Balaban J connectivity index is 2.37. The molecule has 30 heavy (non-hydrogen) atoms. The van der Waals surface area contributed by atoms with Gasteiger partial charge in [0.05, 0.1) is 28.9 Å². The van der Waals surface area contributed by atoms with Gasteiger partial charge in [-0.25, -0.2) is 0 Å². The predicted molar refractivity (Wildman–Crippen MR) is 112 cm³/mol. The van der Waals surface area contributed by atoms with Gasteiger partial charge in [-0.05, 0) is 37.6 Å². The van der Waals surface area contributed by atoms with E-state index in [1.54, 1.807) is 19.9 Å². The predicted octanol–water partition coefficient (Wildman–Crippen LogP) is 3.65. The molecule has 0 saturated heterocycles. The molecule has 0 fully saturated rings. The second-order valence-corrected chi connectivity index (χ2v) is 8.70. The Morgan fingerprint density at radius 3 is 2.37 bits per heavy atom. The monoisotopic (exact) mass is 456 g/mol. The van der Waals surface area contributed by atoms with E-state index >= 15 is 0 Å². The summed E-state index contributed by atoms with van der Waals surface area (Å²) in [5.74, 6) is -0.196. The van der Waals surface area contributed by atoms with E-state index in [1.807, 2.05) is 0 Å². The van der Waals surface area contributed by atoms with E-state index in [4.69, 9.17) is 20.5 Å². The molecule has 0 N–H and O–H groups in total. The molecule has 0 heterocycles. The van der Waals surface area contributed by atoms with Gasteiger partial charge in [-0.2, -0.15) is 8.42 Å². The lowest BCUT2D eigenvalue weighted by Crippen LogP contribution is -2.36. The first kappa shape index (κ1) is 23.4. The fraction of sp³-hybridized carbons (Fsp3) is 0.316. The third-order valence-electron chi connectivity index (χ3n) is 4.10. The molecule has 0 unspecified atom stereocenters. The molecule has 9 nitrogen and oxygen atoms in total. The summed E-state index contributed by atoms with van der Waals surface area (Å²) in [4.78, 5) is 24.8. The van der Waals surface area contributed by atoms with Crippen LogP contribution in [-0.4, -0.2) is 43.6 Å². The van der Waals surface area contributed by atoms with Crippen molar-refractivity contribution in [3.05, 3.63) is 62.7 Å². The molecule has 0 aliphatic rings. The van der Waals surface area contributed by atoms with Crippen LogP contribution in [0.2, 0.25) is 5.02 Å². The van der Waals surface area contributed by atoms with Crippen LogP contribution in [0.4, 0.5) is 5.69 Å². The van der Waals surface area contributed by atoms with Crippen LogP contribution in [0.3, 0.4) is 0 Å². The minimum absolute atomic E-state index is 0.00187. The Morgan fingerprint density at radius 2 is 1.87 bits per heavy atom. The summed E-state index contributed by atoms with van der Waals surface area (Å²) < 4.78 is 33.1. The van der Waals surface area contributed by atoms with Crippen LogP contribution in [0.1, 0.15) is 29.8 Å². The number of carbonyl (C=O) groups is 1. The van der Waals surface area contributed by atoms with Crippen molar-refractivity contribution in [3.8, 4) is 11.5 Å². The van der Waals surface area contributed by atoms with E-state index in [0.29, 0.717) is 5.56 Å². The van der Waals surface area contributed by atoms with Crippen molar-refractivity contribution in [2.75, 3.05) is 13.4 Å². The number of non-ortho nitro benzene ring substituents is 1. The fourth-order valence-electron chi connectivity index (χ4n) is 2.68. The smallest absolute Gasteiger partial charge is 0.306 e. The molecule has 2 aromatic rings. The highest BCUT2D eigenvalue weighted by atomic mass is 35.5. The summed E-state index contributed by atoms with van der Waals surface area (Å²) in [6.07, 6.45) is 0.916. The van der Waals surface area contributed by atoms with Crippen LogP contribution in [0.15, 0.2) is 36.4 Å². The Bertz CT molecular complexity index is 1070. The first-order valence-corrected chi connectivity index (χ1v) is 10.9. The lowest BCUT2D eigenvalue weighted by Gasteiger charge is -2.27. The second-order valence-electron chi connectivity index (χ2n) is 6.72. The summed E-state index contributed by atoms with van der Waals surface area (Å²) in [5, 5.41) is 10.9. The summed E-state index contributed by atoms with van der Waals surface area (Å²) in [6.45, 7) is 3.72. The average molecular weight is 457 g/mol. The average Bonchev–Trinajstić information content (AvgIpc) is 2.64. The Hall–Kier alpha value is -2.85. The van der Waals surface area contributed by atoms with Gasteiger partial charge in [0.2, 0.25) is 0 Å². The van der Waals surface area contributed by atoms with Crippen LogP contribution in [-0.2, 0) is 16.7 Å². The molecule has 0 saturated carbocycles. The number of amides is 1. The first-order valence-electron chi connectivity index (χ1n) is 8.74. The van der Waals surface area contributed by atoms with Crippen LogP contribution in [0.5, 0.6) is 11.5 Å². The zero-order valence-corrected chi connectivity index (χ0v) is 18.4. The molecule has 0 radical (unpaired) electrons. The molecule has 2 rings (SSSR count). The Morgan fingerprint density at radius 1 is 1.20 bits per heavy atom. The number of ether oxygens (including phenoxy) is 1. The molecule has 0 spiro atoms. The van der Waals surface area contributed by atoms with Gasteiger partial charge in [-0.3, -0.25) is 14.9 Å². The van der Waals surface area contributed by atoms with Gasteiger partial charge < -0.3 is 13.8 Å². The third kappa shape index (κ3) is 5.83. The topological polar surface area (TPSA) is 116 Å². The van der Waals surface area contributed by atoms with Crippen LogP contribution in [0, 0.1) is 10.1 Å². The molecule has 0 atom stereocenters. The van der Waals surface area contributed by atoms with E-state index in [2.05, 4.69) is 0 Å². The number of nitro groups is 1. The Labute approximate surface area is 179 Å². The van der Waals surface area contributed by atoms with Crippen molar-refractivity contribution in [3.63, 3.8) is 0 Å². The van der Waals surface area contributed by atoms with E-state index in [1.165, 1.54) is 36.3 Å². The molecule has 1 amide bonds. The SMILES string of the molecule is COc1ccc(CN(C(=O)c2ccc([N+](=O)[O-])cc2Cl)C(C)C)cc1OS(C)(=O)=O. The summed E-state index contributed by atoms with van der Waals surface area (Å²) >= 11 is 6.10. The van der Waals surface area contributed by atoms with Crippen LogP contribution >= 0.6 is 11.6 Å². The molecule has 0 aliphatic carbocycles. The quantitative estimate of drug-likeness (QED) is 0.338. The summed E-state index contributed by atoms with van der Waals surface area (Å²) in [5.41, 5.74) is 0.497. The second kappa shape index (κ2) is 9.31. The zero-order chi connectivity index (χ0) is 22.6. The molecular weight excluding hydrogens is 436 g/mol. The first-order chi connectivity index (χ1) is 13.9. The highest BCUT2D eigenvalue weighted by Gasteiger charge is 2.23. The molecule has 162 valence electrons. The van der Waals surface area contributed by atoms with Gasteiger partial charge in [0, 0.05) is 24.7 Å². The van der Waals surface area contributed by atoms with Gasteiger partial charge in [-0.1, -0.05) is 17.7 Å². The minimum Gasteiger partial charge on any atom is -0.493 e. The van der Waals surface area contributed by atoms with Gasteiger partial charge >= 0.3 is 10.1 Å². The lowest BCUT2D eigenvalue weighted by molar-refractivity contribution is -0.384. The van der Waals surface area contributed by atoms with Crippen molar-refractivity contribution in [2.45, 2.75) is 26.4 Å². The maximum absolute atomic E-state index is 13.0. The number of nitro benzene ring substituents is 1. The number of hydrogen-bond acceptors (Lipinski definition) is 7. The van der Waals surface area contributed by atoms with Crippen molar-refractivity contribution < 1.29 is 27.1 Å². The molecule has 0 aliphatic heterocycles. The lowest BCUT2D eigenvalue weighted by atomic mass is 10.1. The van der Waals surface area contributed by atoms with Crippen LogP contribution in [0.25, 0.3) is 0 Å². The van der Waals surface area contributed by atoms with E-state index in [9.17, 15) is 23.3 Å². The summed E-state index contributed by atoms with van der Waals surface area (Å²) in [7, 11) is -2.40. The maximum Gasteiger partial charge on any atom is 0.306 e. The molecular formula is C19H21ClN2O7S. The minimum atomic E-state index is -3.78. The van der Waals surface area contributed by atoms with Gasteiger partial charge in [-0.15, -0.1) is 0 Å². The zero-order valence-electron chi connectivity index (χ0n) is 16.8. The number of carbonyl (C=O) groups excluding carboxylic acids is 1. The molecule has 2 aromatic carbocycles. The van der Waals surface area contributed by atoms with Crippen molar-refractivity contribution in [1.82, 2.24) is 4.90 Å². The van der Waals surface area contributed by atoms with Crippen LogP contribution < -0.4 is 8.92 Å². The van der Waals surface area contributed by atoms with Gasteiger partial charge in [0.15, 0.2) is 11.5 Å². The largest absolute Gasteiger partial charge is 0.493 e. The number of methoxy groups -OCH3 is 1. The molecule has 0 aromatic heterocycles. The molecule has 0 bridgehead atoms. The van der Waals surface area contributed by atoms with E-state index in [-0.39, 0.29) is 40.4 Å². The van der Waals surface area contributed by atoms with Gasteiger partial charge in [0.1, 0.15) is 0 Å². The number of rotatable bonds is 8. The fourth-order valence-corrected chi connectivity index (χ4v) is 3.39. The van der Waals surface area contributed by atoms with E-state index < -0.39 is 20.9 Å². The van der Waals surface area contributed by atoms with E-state index in [0.717, 1.165) is 12.3 Å². The van der Waals surface area contributed by atoms with Crippen molar-refractivity contribution in [1.29, 1.82) is 0 Å². The number of hydrogen-bond donors (Lipinski definition) is 0. The van der Waals surface area contributed by atoms with Crippen molar-refractivity contribution >= 4 is 33.3 Å². The van der Waals surface area contributed by atoms with Crippen molar-refractivity contribution in [2.24, 2.45) is 0 Å². The number of halogens is 1. The number of nitrogens with zero attached hydrogens (tertiary/aromatic N) is 2. The Kier molecular flexibility index (Phi) is 7.27. The molecule has 11 heteroatoms. The highest BCUT2D eigenvalue weighted by Crippen LogP contribution is 2.31. The van der Waals surface area contributed by atoms with Gasteiger partial charge in [0.25, 0.3) is 11.6 Å². The maximum atomic E-state index is 13.0.